The van der Waals surface area contributed by atoms with Crippen LogP contribution in [0.25, 0.3) is 0 Å². The number of nitrogens with two attached hydrogens (primary N) is 1. The molecule has 5 nitrogen and oxygen atoms in total. The Bertz CT molecular complexity index is 218. The molecule has 4 N–H and O–H groups in total. The number of carbonyl (C=O) groups is 1. The second-order valence-corrected chi connectivity index (χ2v) is 4.72. The highest BCUT2D eigenvalue weighted by molar-refractivity contribution is 5.75. The van der Waals surface area contributed by atoms with Gasteiger partial charge in [-0.3, -0.25) is 15.1 Å². The molecule has 1 amide bonds. The summed E-state index contributed by atoms with van der Waals surface area (Å²) < 4.78 is 0. The van der Waals surface area contributed by atoms with Crippen LogP contribution in [0.5, 0.6) is 0 Å². The normalized spacial score (nSPS) is 16.6. The number of amides is 1. The van der Waals surface area contributed by atoms with E-state index in [-0.39, 0.29) is 12.5 Å². The van der Waals surface area contributed by atoms with Gasteiger partial charge >= 0.3 is 0 Å². The summed E-state index contributed by atoms with van der Waals surface area (Å²) in [5.74, 6) is 4.92. The van der Waals surface area contributed by atoms with Crippen molar-refractivity contribution in [2.75, 3.05) is 19.7 Å². The van der Waals surface area contributed by atoms with Crippen molar-refractivity contribution in [2.24, 2.45) is 5.84 Å². The van der Waals surface area contributed by atoms with Crippen LogP contribution < -0.4 is 11.3 Å². The molecule has 1 rings (SSSR count). The SMILES string of the molecule is NNC(=O)CCCCN(CCO)C1CCCC1. The second-order valence-electron chi connectivity index (χ2n) is 4.72. The fourth-order valence-corrected chi connectivity index (χ4v) is 2.55. The van der Waals surface area contributed by atoms with Gasteiger partial charge in [-0.2, -0.15) is 0 Å². The minimum absolute atomic E-state index is 0.0976. The molecule has 0 aromatic carbocycles. The zero-order chi connectivity index (χ0) is 12.5. The summed E-state index contributed by atoms with van der Waals surface area (Å²) >= 11 is 0. The summed E-state index contributed by atoms with van der Waals surface area (Å²) in [7, 11) is 0. The van der Waals surface area contributed by atoms with E-state index >= 15 is 0 Å². The standard InChI is InChI=1S/C12H25N3O2/c13-14-12(17)7-3-4-8-15(9-10-16)11-5-1-2-6-11/h11,16H,1-10,13H2,(H,14,17). The third kappa shape index (κ3) is 5.48. The molecule has 1 fully saturated rings. The van der Waals surface area contributed by atoms with E-state index in [1.54, 1.807) is 0 Å². The Balaban J connectivity index is 2.17. The number of carbonyl (C=O) groups excluding carboxylic acids is 1. The van der Waals surface area contributed by atoms with Crippen molar-refractivity contribution in [3.8, 4) is 0 Å². The van der Waals surface area contributed by atoms with E-state index < -0.39 is 0 Å². The molecular weight excluding hydrogens is 218 g/mol. The van der Waals surface area contributed by atoms with E-state index in [0.717, 1.165) is 25.9 Å². The molecule has 0 unspecified atom stereocenters. The summed E-state index contributed by atoms with van der Waals surface area (Å²) in [5.41, 5.74) is 2.14. The molecule has 1 saturated carbocycles. The molecule has 0 bridgehead atoms. The van der Waals surface area contributed by atoms with Gasteiger partial charge in [0.2, 0.25) is 5.91 Å². The van der Waals surface area contributed by atoms with Gasteiger partial charge in [-0.15, -0.1) is 0 Å². The number of aliphatic hydroxyl groups excluding tert-OH is 1. The fraction of sp³-hybridized carbons (Fsp3) is 0.917. The largest absolute Gasteiger partial charge is 0.395 e. The first-order valence-corrected chi connectivity index (χ1v) is 6.62. The number of rotatable bonds is 8. The van der Waals surface area contributed by atoms with Crippen molar-refractivity contribution in [2.45, 2.75) is 51.0 Å². The van der Waals surface area contributed by atoms with Gasteiger partial charge in [0.05, 0.1) is 6.61 Å². The molecule has 0 aromatic rings. The topological polar surface area (TPSA) is 78.6 Å². The lowest BCUT2D eigenvalue weighted by molar-refractivity contribution is -0.121. The molecular formula is C12H25N3O2. The molecule has 100 valence electrons. The Kier molecular flexibility index (Phi) is 7.16. The van der Waals surface area contributed by atoms with Gasteiger partial charge in [0.25, 0.3) is 0 Å². The smallest absolute Gasteiger partial charge is 0.233 e. The maximum Gasteiger partial charge on any atom is 0.233 e. The van der Waals surface area contributed by atoms with Crippen LogP contribution in [0, 0.1) is 0 Å². The highest BCUT2D eigenvalue weighted by Gasteiger charge is 2.21. The average molecular weight is 243 g/mol. The molecule has 17 heavy (non-hydrogen) atoms. The first-order valence-electron chi connectivity index (χ1n) is 6.62. The Morgan fingerprint density at radius 3 is 2.59 bits per heavy atom. The van der Waals surface area contributed by atoms with Gasteiger partial charge in [-0.05, 0) is 32.2 Å². The Morgan fingerprint density at radius 2 is 2.00 bits per heavy atom. The Labute approximate surface area is 103 Å². The van der Waals surface area contributed by atoms with Gasteiger partial charge in [0.15, 0.2) is 0 Å². The molecule has 0 saturated heterocycles. The first kappa shape index (κ1) is 14.4. The van der Waals surface area contributed by atoms with Crippen LogP contribution in [0.3, 0.4) is 0 Å². The molecule has 0 radical (unpaired) electrons. The maximum absolute atomic E-state index is 10.9. The lowest BCUT2D eigenvalue weighted by Gasteiger charge is -2.27. The monoisotopic (exact) mass is 243 g/mol. The van der Waals surface area contributed by atoms with E-state index in [2.05, 4.69) is 10.3 Å². The van der Waals surface area contributed by atoms with Crippen LogP contribution in [0.2, 0.25) is 0 Å². The minimum atomic E-state index is -0.0976. The van der Waals surface area contributed by atoms with Crippen LogP contribution in [0.15, 0.2) is 0 Å². The summed E-state index contributed by atoms with van der Waals surface area (Å²) in [6, 6.07) is 0.644. The number of unbranched alkanes of at least 4 members (excludes halogenated alkanes) is 1. The highest BCUT2D eigenvalue weighted by atomic mass is 16.3. The number of nitrogens with zero attached hydrogens (tertiary/aromatic N) is 1. The molecule has 1 aliphatic carbocycles. The molecule has 1 aliphatic rings. The molecule has 5 heteroatoms. The maximum atomic E-state index is 10.9. The summed E-state index contributed by atoms with van der Waals surface area (Å²) in [5, 5.41) is 9.06. The van der Waals surface area contributed by atoms with Crippen molar-refractivity contribution >= 4 is 5.91 Å². The third-order valence-electron chi connectivity index (χ3n) is 3.49. The first-order chi connectivity index (χ1) is 8.27. The van der Waals surface area contributed by atoms with E-state index in [1.165, 1.54) is 25.7 Å². The van der Waals surface area contributed by atoms with E-state index in [9.17, 15) is 4.79 Å². The Morgan fingerprint density at radius 1 is 1.29 bits per heavy atom. The van der Waals surface area contributed by atoms with Gasteiger partial charge in [-0.1, -0.05) is 12.8 Å². The predicted octanol–water partition coefficient (Wildman–Crippen LogP) is 0.383. The number of hydrogen-bond acceptors (Lipinski definition) is 4. The summed E-state index contributed by atoms with van der Waals surface area (Å²) in [4.78, 5) is 13.3. The van der Waals surface area contributed by atoms with E-state index in [0.29, 0.717) is 12.5 Å². The summed E-state index contributed by atoms with van der Waals surface area (Å²) in [6.07, 6.45) is 7.46. The zero-order valence-electron chi connectivity index (χ0n) is 10.5. The molecule has 0 heterocycles. The lowest BCUT2D eigenvalue weighted by Crippen LogP contribution is -2.36. The average Bonchev–Trinajstić information content (AvgIpc) is 2.86. The minimum Gasteiger partial charge on any atom is -0.395 e. The second kappa shape index (κ2) is 8.44. The van der Waals surface area contributed by atoms with Crippen molar-refractivity contribution in [1.29, 1.82) is 0 Å². The van der Waals surface area contributed by atoms with Crippen molar-refractivity contribution < 1.29 is 9.90 Å². The van der Waals surface area contributed by atoms with Crippen LogP contribution in [-0.2, 0) is 4.79 Å². The van der Waals surface area contributed by atoms with Gasteiger partial charge in [0, 0.05) is 19.0 Å². The zero-order valence-corrected chi connectivity index (χ0v) is 10.5. The molecule has 0 atom stereocenters. The predicted molar refractivity (Wildman–Crippen MR) is 67.1 cm³/mol. The lowest BCUT2D eigenvalue weighted by atomic mass is 10.1. The van der Waals surface area contributed by atoms with Gasteiger partial charge in [-0.25, -0.2) is 5.84 Å². The van der Waals surface area contributed by atoms with Crippen LogP contribution in [0.1, 0.15) is 44.9 Å². The van der Waals surface area contributed by atoms with Crippen LogP contribution in [-0.4, -0.2) is 41.7 Å². The van der Waals surface area contributed by atoms with Crippen LogP contribution in [0.4, 0.5) is 0 Å². The van der Waals surface area contributed by atoms with Gasteiger partial charge < -0.3 is 5.11 Å². The highest BCUT2D eigenvalue weighted by Crippen LogP contribution is 2.23. The van der Waals surface area contributed by atoms with E-state index in [1.807, 2.05) is 0 Å². The number of hydrazine groups is 1. The van der Waals surface area contributed by atoms with Crippen LogP contribution >= 0.6 is 0 Å². The van der Waals surface area contributed by atoms with Crippen molar-refractivity contribution in [3.05, 3.63) is 0 Å². The number of nitrogens with one attached hydrogen (secondary N) is 1. The van der Waals surface area contributed by atoms with E-state index in [4.69, 9.17) is 10.9 Å². The quantitative estimate of drug-likeness (QED) is 0.249. The molecule has 0 spiro atoms. The number of aliphatic hydroxyl groups is 1. The molecule has 0 aliphatic heterocycles. The Hall–Kier alpha value is -0.650. The van der Waals surface area contributed by atoms with Crippen molar-refractivity contribution in [1.82, 2.24) is 10.3 Å². The van der Waals surface area contributed by atoms with Crippen molar-refractivity contribution in [3.63, 3.8) is 0 Å². The molecule has 0 aromatic heterocycles. The summed E-state index contributed by atoms with van der Waals surface area (Å²) in [6.45, 7) is 1.95. The fourth-order valence-electron chi connectivity index (χ4n) is 2.55. The van der Waals surface area contributed by atoms with Gasteiger partial charge in [0.1, 0.15) is 0 Å². The third-order valence-corrected chi connectivity index (χ3v) is 3.49. The number of hydrogen-bond donors (Lipinski definition) is 3.